The molecule has 3 N–H and O–H groups in total. The fourth-order valence-corrected chi connectivity index (χ4v) is 2.17. The first-order valence-corrected chi connectivity index (χ1v) is 4.96. The van der Waals surface area contributed by atoms with Crippen LogP contribution >= 0.6 is 0 Å². The van der Waals surface area contributed by atoms with Gasteiger partial charge in [-0.3, -0.25) is 0 Å². The third-order valence-corrected chi connectivity index (χ3v) is 3.21. The lowest BCUT2D eigenvalue weighted by atomic mass is 9.73. The zero-order chi connectivity index (χ0) is 9.30. The van der Waals surface area contributed by atoms with Crippen molar-refractivity contribution < 1.29 is 5.11 Å². The normalized spacial score (nSPS) is 43.5. The van der Waals surface area contributed by atoms with Gasteiger partial charge in [0.25, 0.3) is 0 Å². The Labute approximate surface area is 75.2 Å². The third kappa shape index (κ3) is 1.99. The molecule has 0 aliphatic heterocycles. The highest BCUT2D eigenvalue weighted by atomic mass is 16.3. The highest BCUT2D eigenvalue weighted by Crippen LogP contribution is 2.32. The van der Waals surface area contributed by atoms with Crippen LogP contribution in [0.25, 0.3) is 0 Å². The first-order chi connectivity index (χ1) is 5.52. The number of nitrogens with two attached hydrogens (primary N) is 1. The Hall–Kier alpha value is -0.0800. The van der Waals surface area contributed by atoms with E-state index in [4.69, 9.17) is 5.73 Å². The van der Waals surface area contributed by atoms with Crippen molar-refractivity contribution in [3.63, 3.8) is 0 Å². The van der Waals surface area contributed by atoms with Crippen molar-refractivity contribution >= 4 is 0 Å². The molecule has 0 aromatic heterocycles. The molecule has 4 atom stereocenters. The summed E-state index contributed by atoms with van der Waals surface area (Å²) in [6, 6.07) is 0.00106. The van der Waals surface area contributed by atoms with Crippen LogP contribution in [-0.2, 0) is 0 Å². The van der Waals surface area contributed by atoms with E-state index in [0.717, 1.165) is 12.8 Å². The molecule has 2 heteroatoms. The Bertz CT molecular complexity index is 135. The first-order valence-electron chi connectivity index (χ1n) is 4.96. The minimum absolute atomic E-state index is 0.00106. The van der Waals surface area contributed by atoms with Gasteiger partial charge in [-0.2, -0.15) is 0 Å². The standard InChI is InChI=1S/C10H21NO/c1-6(2)8-4-7(3)10(12)9(11)5-8/h6-10,12H,4-5,11H2,1-3H3/t7?,8-,9-,10+/m0/s1. The quantitative estimate of drug-likeness (QED) is 0.626. The van der Waals surface area contributed by atoms with Crippen molar-refractivity contribution in [1.29, 1.82) is 0 Å². The van der Waals surface area contributed by atoms with Gasteiger partial charge < -0.3 is 10.8 Å². The Morgan fingerprint density at radius 1 is 1.33 bits per heavy atom. The maximum atomic E-state index is 9.62. The summed E-state index contributed by atoms with van der Waals surface area (Å²) < 4.78 is 0. The van der Waals surface area contributed by atoms with Crippen molar-refractivity contribution in [3.8, 4) is 0 Å². The van der Waals surface area contributed by atoms with Crippen LogP contribution in [0.1, 0.15) is 33.6 Å². The highest BCUT2D eigenvalue weighted by Gasteiger charge is 2.33. The Morgan fingerprint density at radius 3 is 2.33 bits per heavy atom. The van der Waals surface area contributed by atoms with Gasteiger partial charge in [0.1, 0.15) is 0 Å². The summed E-state index contributed by atoms with van der Waals surface area (Å²) in [5.41, 5.74) is 5.85. The van der Waals surface area contributed by atoms with Gasteiger partial charge in [-0.05, 0) is 30.6 Å². The van der Waals surface area contributed by atoms with Crippen LogP contribution in [0.3, 0.4) is 0 Å². The maximum absolute atomic E-state index is 9.62. The smallest absolute Gasteiger partial charge is 0.0716 e. The van der Waals surface area contributed by atoms with E-state index < -0.39 is 0 Å². The van der Waals surface area contributed by atoms with Crippen LogP contribution in [0.5, 0.6) is 0 Å². The van der Waals surface area contributed by atoms with Gasteiger partial charge in [0.05, 0.1) is 6.10 Å². The van der Waals surface area contributed by atoms with E-state index in [1.165, 1.54) is 0 Å². The zero-order valence-corrected chi connectivity index (χ0v) is 8.33. The predicted octanol–water partition coefficient (Wildman–Crippen LogP) is 1.38. The molecule has 1 aliphatic rings. The van der Waals surface area contributed by atoms with Crippen LogP contribution in [0.2, 0.25) is 0 Å². The van der Waals surface area contributed by atoms with Gasteiger partial charge in [0.15, 0.2) is 0 Å². The molecule has 1 rings (SSSR count). The minimum Gasteiger partial charge on any atom is -0.391 e. The van der Waals surface area contributed by atoms with Gasteiger partial charge in [-0.15, -0.1) is 0 Å². The number of aliphatic hydroxyl groups is 1. The zero-order valence-electron chi connectivity index (χ0n) is 8.33. The summed E-state index contributed by atoms with van der Waals surface area (Å²) in [4.78, 5) is 0. The fraction of sp³-hybridized carbons (Fsp3) is 1.00. The maximum Gasteiger partial charge on any atom is 0.0716 e. The van der Waals surface area contributed by atoms with Gasteiger partial charge in [-0.25, -0.2) is 0 Å². The SMILES string of the molecule is CC(C)[C@H]1CC(C)[C@@H](O)[C@@H](N)C1. The number of aliphatic hydroxyl groups excluding tert-OH is 1. The lowest BCUT2D eigenvalue weighted by Crippen LogP contribution is -2.46. The summed E-state index contributed by atoms with van der Waals surface area (Å²) in [6.45, 7) is 6.57. The van der Waals surface area contributed by atoms with Crippen LogP contribution in [0.4, 0.5) is 0 Å². The highest BCUT2D eigenvalue weighted by molar-refractivity contribution is 4.87. The molecule has 0 bridgehead atoms. The van der Waals surface area contributed by atoms with Crippen LogP contribution in [0.15, 0.2) is 0 Å². The van der Waals surface area contributed by atoms with Crippen LogP contribution in [0, 0.1) is 17.8 Å². The molecule has 1 saturated carbocycles. The van der Waals surface area contributed by atoms with Gasteiger partial charge in [0, 0.05) is 6.04 Å². The monoisotopic (exact) mass is 171 g/mol. The van der Waals surface area contributed by atoms with Gasteiger partial charge >= 0.3 is 0 Å². The Morgan fingerprint density at radius 2 is 1.92 bits per heavy atom. The van der Waals surface area contributed by atoms with E-state index in [1.807, 2.05) is 0 Å². The lowest BCUT2D eigenvalue weighted by Gasteiger charge is -2.37. The summed E-state index contributed by atoms with van der Waals surface area (Å²) in [5, 5.41) is 9.62. The molecule has 0 spiro atoms. The molecule has 1 fully saturated rings. The average Bonchev–Trinajstić information content (AvgIpc) is 1.99. The van der Waals surface area contributed by atoms with Crippen LogP contribution < -0.4 is 5.73 Å². The second-order valence-electron chi connectivity index (χ2n) is 4.61. The number of rotatable bonds is 1. The molecule has 0 radical (unpaired) electrons. The van der Waals surface area contributed by atoms with Gasteiger partial charge in [-0.1, -0.05) is 20.8 Å². The largest absolute Gasteiger partial charge is 0.391 e. The van der Waals surface area contributed by atoms with E-state index in [0.29, 0.717) is 17.8 Å². The van der Waals surface area contributed by atoms with E-state index in [2.05, 4.69) is 20.8 Å². The summed E-state index contributed by atoms with van der Waals surface area (Å²) in [6.07, 6.45) is 1.84. The average molecular weight is 171 g/mol. The van der Waals surface area contributed by atoms with Crippen molar-refractivity contribution in [2.75, 3.05) is 0 Å². The van der Waals surface area contributed by atoms with E-state index in [-0.39, 0.29) is 12.1 Å². The fourth-order valence-electron chi connectivity index (χ4n) is 2.17. The summed E-state index contributed by atoms with van der Waals surface area (Å²) in [7, 11) is 0. The van der Waals surface area contributed by atoms with E-state index in [9.17, 15) is 5.11 Å². The van der Waals surface area contributed by atoms with Crippen LogP contribution in [-0.4, -0.2) is 17.3 Å². The Kier molecular flexibility index (Phi) is 3.13. The molecule has 1 aliphatic carbocycles. The molecule has 0 aromatic carbocycles. The predicted molar refractivity (Wildman–Crippen MR) is 50.7 cm³/mol. The molecule has 2 nitrogen and oxygen atoms in total. The Balaban J connectivity index is 2.53. The molecular weight excluding hydrogens is 150 g/mol. The third-order valence-electron chi connectivity index (χ3n) is 3.21. The molecule has 0 heterocycles. The van der Waals surface area contributed by atoms with Crippen molar-refractivity contribution in [3.05, 3.63) is 0 Å². The number of hydrogen-bond donors (Lipinski definition) is 2. The van der Waals surface area contributed by atoms with E-state index >= 15 is 0 Å². The van der Waals surface area contributed by atoms with Crippen molar-refractivity contribution in [1.82, 2.24) is 0 Å². The first kappa shape index (κ1) is 10.0. The molecular formula is C10H21NO. The molecule has 0 aromatic rings. The topological polar surface area (TPSA) is 46.2 Å². The molecule has 72 valence electrons. The molecule has 0 amide bonds. The number of hydrogen-bond acceptors (Lipinski definition) is 2. The molecule has 0 saturated heterocycles. The van der Waals surface area contributed by atoms with E-state index in [1.54, 1.807) is 0 Å². The minimum atomic E-state index is -0.278. The second kappa shape index (κ2) is 3.75. The van der Waals surface area contributed by atoms with Crippen molar-refractivity contribution in [2.45, 2.75) is 45.8 Å². The summed E-state index contributed by atoms with van der Waals surface area (Å²) >= 11 is 0. The summed E-state index contributed by atoms with van der Waals surface area (Å²) in [5.74, 6) is 1.78. The lowest BCUT2D eigenvalue weighted by molar-refractivity contribution is 0.0281. The molecule has 1 unspecified atom stereocenters. The van der Waals surface area contributed by atoms with Gasteiger partial charge in [0.2, 0.25) is 0 Å². The molecule has 12 heavy (non-hydrogen) atoms. The van der Waals surface area contributed by atoms with Crippen molar-refractivity contribution in [2.24, 2.45) is 23.5 Å². The second-order valence-corrected chi connectivity index (χ2v) is 4.61.